The average Bonchev–Trinajstić information content (AvgIpc) is 2.52. The van der Waals surface area contributed by atoms with Crippen LogP contribution in [-0.4, -0.2) is 18.9 Å². The van der Waals surface area contributed by atoms with E-state index in [1.165, 1.54) is 14.0 Å². The second-order valence-corrected chi connectivity index (χ2v) is 5.35. The highest BCUT2D eigenvalue weighted by Crippen LogP contribution is 2.25. The van der Waals surface area contributed by atoms with Crippen molar-refractivity contribution in [1.82, 2.24) is 5.32 Å². The Balaban J connectivity index is 2.08. The standard InChI is InChI=1S/C17H17ClN2O3/c1-11(21)20-15-8-12(6-7-16(15)23-2)10-19-17(22)13-4-3-5-14(18)9-13/h3-9H,10H2,1-2H3,(H,19,22)(H,20,21). The molecule has 0 fully saturated rings. The van der Waals surface area contributed by atoms with Crippen molar-refractivity contribution >= 4 is 29.1 Å². The van der Waals surface area contributed by atoms with Gasteiger partial charge in [-0.3, -0.25) is 9.59 Å². The summed E-state index contributed by atoms with van der Waals surface area (Å²) in [4.78, 5) is 23.3. The number of hydrogen-bond acceptors (Lipinski definition) is 3. The molecule has 0 aromatic heterocycles. The number of rotatable bonds is 5. The molecule has 2 amide bonds. The summed E-state index contributed by atoms with van der Waals surface area (Å²) in [5.74, 6) is 0.151. The maximum absolute atomic E-state index is 12.1. The fourth-order valence-corrected chi connectivity index (χ4v) is 2.26. The Morgan fingerprint density at radius 1 is 1.17 bits per heavy atom. The second kappa shape index (κ2) is 7.65. The van der Waals surface area contributed by atoms with Gasteiger partial charge in [-0.15, -0.1) is 0 Å². The van der Waals surface area contributed by atoms with E-state index in [0.717, 1.165) is 5.56 Å². The van der Waals surface area contributed by atoms with E-state index in [4.69, 9.17) is 16.3 Å². The third-order valence-electron chi connectivity index (χ3n) is 3.11. The van der Waals surface area contributed by atoms with Crippen molar-refractivity contribution < 1.29 is 14.3 Å². The van der Waals surface area contributed by atoms with Crippen molar-refractivity contribution in [1.29, 1.82) is 0 Å². The predicted octanol–water partition coefficient (Wildman–Crippen LogP) is 3.24. The number of carbonyl (C=O) groups excluding carboxylic acids is 2. The topological polar surface area (TPSA) is 67.4 Å². The van der Waals surface area contributed by atoms with Crippen LogP contribution in [0.25, 0.3) is 0 Å². The van der Waals surface area contributed by atoms with Gasteiger partial charge < -0.3 is 15.4 Å². The zero-order valence-electron chi connectivity index (χ0n) is 12.9. The number of amides is 2. The van der Waals surface area contributed by atoms with Crippen LogP contribution in [0, 0.1) is 0 Å². The molecule has 0 bridgehead atoms. The van der Waals surface area contributed by atoms with Crippen LogP contribution in [0.15, 0.2) is 42.5 Å². The van der Waals surface area contributed by atoms with Crippen molar-refractivity contribution in [3.05, 3.63) is 58.6 Å². The van der Waals surface area contributed by atoms with E-state index in [1.807, 2.05) is 6.07 Å². The largest absolute Gasteiger partial charge is 0.495 e. The van der Waals surface area contributed by atoms with E-state index >= 15 is 0 Å². The fraction of sp³-hybridized carbons (Fsp3) is 0.176. The van der Waals surface area contributed by atoms with E-state index in [9.17, 15) is 9.59 Å². The maximum atomic E-state index is 12.1. The van der Waals surface area contributed by atoms with Gasteiger partial charge >= 0.3 is 0 Å². The summed E-state index contributed by atoms with van der Waals surface area (Å²) >= 11 is 5.87. The lowest BCUT2D eigenvalue weighted by Crippen LogP contribution is -2.22. The van der Waals surface area contributed by atoms with E-state index in [-0.39, 0.29) is 11.8 Å². The number of halogens is 1. The summed E-state index contributed by atoms with van der Waals surface area (Å²) in [5, 5.41) is 6.02. The van der Waals surface area contributed by atoms with E-state index in [1.54, 1.807) is 36.4 Å². The lowest BCUT2D eigenvalue weighted by Gasteiger charge is -2.12. The summed E-state index contributed by atoms with van der Waals surface area (Å²) in [5.41, 5.74) is 1.90. The van der Waals surface area contributed by atoms with Crippen LogP contribution >= 0.6 is 11.6 Å². The fourth-order valence-electron chi connectivity index (χ4n) is 2.07. The Kier molecular flexibility index (Phi) is 5.60. The molecule has 5 nitrogen and oxygen atoms in total. The van der Waals surface area contributed by atoms with Crippen LogP contribution in [0.4, 0.5) is 5.69 Å². The highest BCUT2D eigenvalue weighted by Gasteiger charge is 2.09. The minimum absolute atomic E-state index is 0.191. The minimum Gasteiger partial charge on any atom is -0.495 e. The normalized spacial score (nSPS) is 10.0. The van der Waals surface area contributed by atoms with Gasteiger partial charge in [0.15, 0.2) is 0 Å². The summed E-state index contributed by atoms with van der Waals surface area (Å²) < 4.78 is 5.19. The van der Waals surface area contributed by atoms with Crippen LogP contribution in [-0.2, 0) is 11.3 Å². The SMILES string of the molecule is COc1ccc(CNC(=O)c2cccc(Cl)c2)cc1NC(C)=O. The van der Waals surface area contributed by atoms with E-state index in [2.05, 4.69) is 10.6 Å². The molecule has 0 spiro atoms. The van der Waals surface area contributed by atoms with Crippen LogP contribution in [0.5, 0.6) is 5.75 Å². The number of benzene rings is 2. The molecule has 0 saturated heterocycles. The average molecular weight is 333 g/mol. The van der Waals surface area contributed by atoms with Gasteiger partial charge in [-0.25, -0.2) is 0 Å². The Bertz CT molecular complexity index is 732. The van der Waals surface area contributed by atoms with Crippen molar-refractivity contribution in [2.75, 3.05) is 12.4 Å². The van der Waals surface area contributed by atoms with Gasteiger partial charge in [0, 0.05) is 24.1 Å². The summed E-state index contributed by atoms with van der Waals surface area (Å²) in [6, 6.07) is 12.1. The molecule has 0 aliphatic rings. The Hall–Kier alpha value is -2.53. The molecule has 2 N–H and O–H groups in total. The smallest absolute Gasteiger partial charge is 0.251 e. The zero-order valence-corrected chi connectivity index (χ0v) is 13.6. The maximum Gasteiger partial charge on any atom is 0.251 e. The molecule has 0 atom stereocenters. The molecule has 0 aliphatic carbocycles. The number of ether oxygens (including phenoxy) is 1. The molecule has 0 aliphatic heterocycles. The Labute approximate surface area is 139 Å². The first-order valence-electron chi connectivity index (χ1n) is 6.98. The number of anilines is 1. The number of methoxy groups -OCH3 is 1. The lowest BCUT2D eigenvalue weighted by molar-refractivity contribution is -0.114. The molecular formula is C17H17ClN2O3. The predicted molar refractivity (Wildman–Crippen MR) is 89.9 cm³/mol. The Morgan fingerprint density at radius 2 is 1.96 bits per heavy atom. The van der Waals surface area contributed by atoms with Crippen LogP contribution < -0.4 is 15.4 Å². The van der Waals surface area contributed by atoms with Gasteiger partial charge in [-0.1, -0.05) is 23.7 Å². The van der Waals surface area contributed by atoms with Crippen LogP contribution in [0.1, 0.15) is 22.8 Å². The molecular weight excluding hydrogens is 316 g/mol. The van der Waals surface area contributed by atoms with Crippen molar-refractivity contribution in [3.8, 4) is 5.75 Å². The highest BCUT2D eigenvalue weighted by atomic mass is 35.5. The molecule has 2 aromatic rings. The van der Waals surface area contributed by atoms with Crippen molar-refractivity contribution in [2.24, 2.45) is 0 Å². The summed E-state index contributed by atoms with van der Waals surface area (Å²) in [7, 11) is 1.53. The first-order valence-corrected chi connectivity index (χ1v) is 7.35. The quantitative estimate of drug-likeness (QED) is 0.883. The Morgan fingerprint density at radius 3 is 2.61 bits per heavy atom. The monoisotopic (exact) mass is 332 g/mol. The molecule has 120 valence electrons. The van der Waals surface area contributed by atoms with Gasteiger partial charge in [0.25, 0.3) is 5.91 Å². The van der Waals surface area contributed by atoms with Gasteiger partial charge in [0.2, 0.25) is 5.91 Å². The molecule has 2 rings (SSSR count). The first-order chi connectivity index (χ1) is 11.0. The third-order valence-corrected chi connectivity index (χ3v) is 3.35. The molecule has 23 heavy (non-hydrogen) atoms. The summed E-state index contributed by atoms with van der Waals surface area (Å²) in [6.45, 7) is 1.74. The van der Waals surface area contributed by atoms with Crippen molar-refractivity contribution in [3.63, 3.8) is 0 Å². The molecule has 0 radical (unpaired) electrons. The van der Waals surface area contributed by atoms with E-state index < -0.39 is 0 Å². The van der Waals surface area contributed by atoms with Gasteiger partial charge in [-0.05, 0) is 35.9 Å². The van der Waals surface area contributed by atoms with Gasteiger partial charge in [0.1, 0.15) is 5.75 Å². The molecule has 2 aromatic carbocycles. The van der Waals surface area contributed by atoms with Crippen molar-refractivity contribution in [2.45, 2.75) is 13.5 Å². The molecule has 0 unspecified atom stereocenters. The van der Waals surface area contributed by atoms with Crippen LogP contribution in [0.3, 0.4) is 0 Å². The summed E-state index contributed by atoms with van der Waals surface area (Å²) in [6.07, 6.45) is 0. The van der Waals surface area contributed by atoms with Gasteiger partial charge in [-0.2, -0.15) is 0 Å². The number of hydrogen-bond donors (Lipinski definition) is 2. The molecule has 0 heterocycles. The van der Waals surface area contributed by atoms with Crippen LogP contribution in [0.2, 0.25) is 5.02 Å². The molecule has 6 heteroatoms. The first kappa shape index (κ1) is 16.8. The second-order valence-electron chi connectivity index (χ2n) is 4.91. The van der Waals surface area contributed by atoms with E-state index in [0.29, 0.717) is 28.6 Å². The lowest BCUT2D eigenvalue weighted by atomic mass is 10.1. The zero-order chi connectivity index (χ0) is 16.8. The molecule has 0 saturated carbocycles. The number of carbonyl (C=O) groups is 2. The number of nitrogens with one attached hydrogen (secondary N) is 2. The third kappa shape index (κ3) is 4.72. The highest BCUT2D eigenvalue weighted by molar-refractivity contribution is 6.30. The minimum atomic E-state index is -0.218. The van der Waals surface area contributed by atoms with Gasteiger partial charge in [0.05, 0.1) is 12.8 Å².